The molecular weight excluding hydrogens is 538 g/mol. The summed E-state index contributed by atoms with van der Waals surface area (Å²) in [5, 5.41) is 4.82. The van der Waals surface area contributed by atoms with Gasteiger partial charge in [-0.1, -0.05) is 31.9 Å². The molecule has 232 valence electrons. The average molecular weight is 590 g/mol. The summed E-state index contributed by atoms with van der Waals surface area (Å²) in [6.07, 6.45) is 11.5. The van der Waals surface area contributed by atoms with Gasteiger partial charge < -0.3 is 20.3 Å². The lowest BCUT2D eigenvalue weighted by Crippen LogP contribution is -2.47. The summed E-state index contributed by atoms with van der Waals surface area (Å²) >= 11 is 0. The second-order valence-electron chi connectivity index (χ2n) is 10.9. The smallest absolute Gasteiger partial charge is 0.303 e. The fraction of sp³-hybridized carbons (Fsp3) is 0.778. The topological polar surface area (TPSA) is 154 Å². The molecule has 1 aliphatic carbocycles. The summed E-state index contributed by atoms with van der Waals surface area (Å²) in [4.78, 5) is 46.2. The average Bonchev–Trinajstić information content (AvgIpc) is 3.50. The molecule has 1 saturated carbocycles. The minimum absolute atomic E-state index is 0.0417. The summed E-state index contributed by atoms with van der Waals surface area (Å²) < 4.78 is 31.0. The van der Waals surface area contributed by atoms with Gasteiger partial charge in [-0.3, -0.25) is 19.2 Å². The lowest BCUT2D eigenvalue weighted by Gasteiger charge is -2.22. The standard InChI is InChI=1S/C13H24N2O3S.C9H15N3O3.C5H12O/c1-4-5-6-7-8-9-11-10-12(11)13(16)14-19(17,18)15(2)3;1-10-9(15)7-3-2-4-12(7)8(14)5-11-6-13;1-5(2,3)6-4/h8-9,11-12H,4-7,10H2,1-3H3,(H,14,16);6-7H,2-5H2,1H3,(H,10,15)(H,11,13);1-4H3/b9-8-;;. The maximum atomic E-state index is 11.7. The molecule has 2 aliphatic rings. The quantitative estimate of drug-likeness (QED) is 0.177. The van der Waals surface area contributed by atoms with E-state index in [0.29, 0.717) is 19.4 Å². The number of likely N-dealkylation sites (tertiary alicyclic amines) is 1. The molecule has 3 unspecified atom stereocenters. The van der Waals surface area contributed by atoms with Crippen molar-refractivity contribution in [3.63, 3.8) is 0 Å². The Kier molecular flexibility index (Phi) is 17.6. The van der Waals surface area contributed by atoms with Crippen molar-refractivity contribution in [1.29, 1.82) is 0 Å². The number of rotatable bonds is 12. The number of methoxy groups -OCH3 is 1. The van der Waals surface area contributed by atoms with E-state index in [1.807, 2.05) is 26.8 Å². The van der Waals surface area contributed by atoms with E-state index in [0.717, 1.165) is 23.6 Å². The Balaban J connectivity index is 0.000000644. The zero-order chi connectivity index (χ0) is 30.9. The summed E-state index contributed by atoms with van der Waals surface area (Å²) in [6, 6.07) is -0.379. The van der Waals surface area contributed by atoms with E-state index in [1.165, 1.54) is 38.3 Å². The van der Waals surface area contributed by atoms with Crippen LogP contribution in [0.2, 0.25) is 0 Å². The van der Waals surface area contributed by atoms with Crippen molar-refractivity contribution < 1.29 is 32.3 Å². The Morgan fingerprint density at radius 3 is 2.25 bits per heavy atom. The number of ether oxygens (including phenoxy) is 1. The molecule has 0 bridgehead atoms. The van der Waals surface area contributed by atoms with Gasteiger partial charge >= 0.3 is 10.2 Å². The van der Waals surface area contributed by atoms with Gasteiger partial charge in [0.1, 0.15) is 6.04 Å². The highest BCUT2D eigenvalue weighted by Crippen LogP contribution is 2.40. The van der Waals surface area contributed by atoms with Crippen LogP contribution in [0.4, 0.5) is 0 Å². The molecule has 12 nitrogen and oxygen atoms in total. The van der Waals surface area contributed by atoms with Crippen molar-refractivity contribution in [1.82, 2.24) is 24.6 Å². The van der Waals surface area contributed by atoms with E-state index in [-0.39, 0.29) is 41.8 Å². The van der Waals surface area contributed by atoms with Crippen LogP contribution in [0.1, 0.15) is 72.6 Å². The van der Waals surface area contributed by atoms with E-state index in [9.17, 15) is 27.6 Å². The summed E-state index contributed by atoms with van der Waals surface area (Å²) in [7, 11) is 2.40. The Hall–Kier alpha value is -2.51. The predicted octanol–water partition coefficient (Wildman–Crippen LogP) is 1.58. The molecule has 40 heavy (non-hydrogen) atoms. The van der Waals surface area contributed by atoms with Gasteiger partial charge in [-0.2, -0.15) is 12.7 Å². The molecule has 3 N–H and O–H groups in total. The first-order valence-electron chi connectivity index (χ1n) is 13.8. The third kappa shape index (κ3) is 15.3. The molecule has 3 atom stereocenters. The van der Waals surface area contributed by atoms with Gasteiger partial charge in [0, 0.05) is 40.7 Å². The van der Waals surface area contributed by atoms with E-state index in [2.05, 4.69) is 28.4 Å². The number of likely N-dealkylation sites (N-methyl/N-ethyl adjacent to an activating group) is 1. The second kappa shape index (κ2) is 18.8. The zero-order valence-corrected chi connectivity index (χ0v) is 26.3. The molecule has 0 aromatic heterocycles. The minimum Gasteiger partial charge on any atom is -0.379 e. The Morgan fingerprint density at radius 2 is 1.75 bits per heavy atom. The molecule has 1 heterocycles. The van der Waals surface area contributed by atoms with Crippen LogP contribution in [-0.2, 0) is 34.1 Å². The number of carbonyl (C=O) groups is 4. The lowest BCUT2D eigenvalue weighted by molar-refractivity contribution is -0.137. The van der Waals surface area contributed by atoms with Crippen molar-refractivity contribution in [2.75, 3.05) is 41.3 Å². The maximum Gasteiger partial charge on any atom is 0.303 e. The van der Waals surface area contributed by atoms with Gasteiger partial charge in [0.25, 0.3) is 0 Å². The number of allylic oxidation sites excluding steroid dienone is 2. The first-order chi connectivity index (χ1) is 18.6. The highest BCUT2D eigenvalue weighted by atomic mass is 32.2. The van der Waals surface area contributed by atoms with Gasteiger partial charge in [0.05, 0.1) is 12.1 Å². The van der Waals surface area contributed by atoms with Crippen molar-refractivity contribution in [3.05, 3.63) is 12.2 Å². The number of hydrogen-bond acceptors (Lipinski definition) is 7. The van der Waals surface area contributed by atoms with Crippen LogP contribution in [-0.4, -0.2) is 94.7 Å². The van der Waals surface area contributed by atoms with E-state index >= 15 is 0 Å². The molecule has 1 aliphatic heterocycles. The molecule has 0 aromatic carbocycles. The Morgan fingerprint density at radius 1 is 1.12 bits per heavy atom. The molecule has 13 heteroatoms. The van der Waals surface area contributed by atoms with Crippen LogP contribution in [0, 0.1) is 11.8 Å². The van der Waals surface area contributed by atoms with Gasteiger partial charge in [0.2, 0.25) is 24.1 Å². The molecule has 0 aromatic rings. The fourth-order valence-corrected chi connectivity index (χ4v) is 4.13. The normalized spacial score (nSPS) is 20.1. The first-order valence-corrected chi connectivity index (χ1v) is 15.2. The van der Waals surface area contributed by atoms with Crippen molar-refractivity contribution in [2.45, 2.75) is 84.3 Å². The monoisotopic (exact) mass is 589 g/mol. The van der Waals surface area contributed by atoms with Crippen molar-refractivity contribution in [2.24, 2.45) is 11.8 Å². The molecular formula is C27H51N5O7S. The highest BCUT2D eigenvalue weighted by molar-refractivity contribution is 7.87. The third-order valence-electron chi connectivity index (χ3n) is 6.32. The van der Waals surface area contributed by atoms with Crippen LogP contribution in [0.3, 0.4) is 0 Å². The molecule has 0 radical (unpaired) electrons. The zero-order valence-electron chi connectivity index (χ0n) is 25.5. The highest BCUT2D eigenvalue weighted by Gasteiger charge is 2.42. The summed E-state index contributed by atoms with van der Waals surface area (Å²) in [5.41, 5.74) is 0.0417. The van der Waals surface area contributed by atoms with E-state index < -0.39 is 16.1 Å². The van der Waals surface area contributed by atoms with Gasteiger partial charge in [-0.15, -0.1) is 0 Å². The van der Waals surface area contributed by atoms with Gasteiger partial charge in [0.15, 0.2) is 0 Å². The second-order valence-corrected chi connectivity index (χ2v) is 12.7. The Bertz CT molecular complexity index is 932. The third-order valence-corrected chi connectivity index (χ3v) is 7.74. The largest absolute Gasteiger partial charge is 0.379 e. The first kappa shape index (κ1) is 37.5. The van der Waals surface area contributed by atoms with Crippen LogP contribution in [0.5, 0.6) is 0 Å². The number of carbonyl (C=O) groups excluding carboxylic acids is 4. The number of amides is 4. The molecule has 1 saturated heterocycles. The van der Waals surface area contributed by atoms with Crippen molar-refractivity contribution >= 4 is 34.3 Å². The van der Waals surface area contributed by atoms with Crippen LogP contribution < -0.4 is 15.4 Å². The SMILES string of the molecule is CCCCC/C=C\C1CC1C(=O)NS(=O)(=O)N(C)C.CNC(=O)C1CCCN1C(=O)CNC=O.COC(C)(C)C. The predicted molar refractivity (Wildman–Crippen MR) is 155 cm³/mol. The van der Waals surface area contributed by atoms with E-state index in [1.54, 1.807) is 14.2 Å². The minimum atomic E-state index is -3.65. The van der Waals surface area contributed by atoms with Gasteiger partial charge in [-0.25, -0.2) is 4.72 Å². The number of nitrogens with one attached hydrogen (secondary N) is 3. The van der Waals surface area contributed by atoms with Gasteiger partial charge in [-0.05, 0) is 58.8 Å². The molecule has 4 amide bonds. The van der Waals surface area contributed by atoms with Crippen LogP contribution in [0.15, 0.2) is 12.2 Å². The maximum absolute atomic E-state index is 11.7. The lowest BCUT2D eigenvalue weighted by atomic mass is 10.2. The van der Waals surface area contributed by atoms with E-state index in [4.69, 9.17) is 4.74 Å². The number of nitrogens with zero attached hydrogens (tertiary/aromatic N) is 2. The molecule has 2 rings (SSSR count). The van der Waals surface area contributed by atoms with Crippen LogP contribution >= 0.6 is 0 Å². The van der Waals surface area contributed by atoms with Crippen molar-refractivity contribution in [3.8, 4) is 0 Å². The summed E-state index contributed by atoms with van der Waals surface area (Å²) in [5.74, 6) is -0.729. The number of unbranched alkanes of at least 4 members (excludes halogenated alkanes) is 3. The summed E-state index contributed by atoms with van der Waals surface area (Å²) in [6.45, 7) is 8.76. The Labute approximate surface area is 240 Å². The van der Waals surface area contributed by atoms with Crippen LogP contribution in [0.25, 0.3) is 0 Å². The molecule has 2 fully saturated rings. The number of hydrogen-bond donors (Lipinski definition) is 3. The fourth-order valence-electron chi connectivity index (χ4n) is 3.54. The molecule has 0 spiro atoms.